The van der Waals surface area contributed by atoms with Gasteiger partial charge >= 0.3 is 5.97 Å². The van der Waals surface area contributed by atoms with Crippen molar-refractivity contribution in [2.75, 3.05) is 5.73 Å². The number of benzene rings is 1. The van der Waals surface area contributed by atoms with Gasteiger partial charge in [-0.05, 0) is 18.2 Å². The van der Waals surface area contributed by atoms with Crippen LogP contribution in [0.1, 0.15) is 15.9 Å². The first-order chi connectivity index (χ1) is 5.65. The van der Waals surface area contributed by atoms with Gasteiger partial charge in [0, 0.05) is 11.3 Å². The van der Waals surface area contributed by atoms with Crippen LogP contribution < -0.4 is 5.73 Å². The molecule has 0 fully saturated rings. The van der Waals surface area contributed by atoms with Gasteiger partial charge in [0.15, 0.2) is 0 Å². The molecule has 0 unspecified atom stereocenters. The highest BCUT2D eigenvalue weighted by atomic mass is 19.1. The molecule has 0 spiro atoms. The van der Waals surface area contributed by atoms with E-state index in [1.54, 1.807) is 0 Å². The molecule has 0 atom stereocenters. The van der Waals surface area contributed by atoms with Crippen LogP contribution in [0.25, 0.3) is 0 Å². The standard InChI is InChI=1S/C8H8FNO2/c9-4-6-3-5(8(11)12)1-2-7(6)10/h1-3H,4,10H2,(H,11,12). The van der Waals surface area contributed by atoms with Crippen LogP contribution in [-0.2, 0) is 6.67 Å². The molecule has 0 saturated carbocycles. The number of anilines is 1. The lowest BCUT2D eigenvalue weighted by atomic mass is 10.1. The van der Waals surface area contributed by atoms with Gasteiger partial charge in [-0.15, -0.1) is 0 Å². The zero-order valence-electron chi connectivity index (χ0n) is 6.25. The number of halogens is 1. The lowest BCUT2D eigenvalue weighted by Gasteiger charge is -2.01. The monoisotopic (exact) mass is 169 g/mol. The van der Waals surface area contributed by atoms with Crippen molar-refractivity contribution >= 4 is 11.7 Å². The Bertz CT molecular complexity index is 312. The minimum Gasteiger partial charge on any atom is -0.478 e. The molecule has 0 saturated heterocycles. The molecule has 1 rings (SSSR count). The fraction of sp³-hybridized carbons (Fsp3) is 0.125. The fourth-order valence-electron chi connectivity index (χ4n) is 0.855. The van der Waals surface area contributed by atoms with E-state index in [1.165, 1.54) is 18.2 Å². The first kappa shape index (κ1) is 8.52. The number of aromatic carboxylic acids is 1. The zero-order valence-corrected chi connectivity index (χ0v) is 6.25. The Balaban J connectivity index is 3.13. The van der Waals surface area contributed by atoms with Crippen molar-refractivity contribution in [3.05, 3.63) is 29.3 Å². The quantitative estimate of drug-likeness (QED) is 0.658. The molecule has 0 aliphatic heterocycles. The smallest absolute Gasteiger partial charge is 0.335 e. The molecule has 1 aromatic rings. The summed E-state index contributed by atoms with van der Waals surface area (Å²) in [5.74, 6) is -1.08. The molecule has 0 bridgehead atoms. The van der Waals surface area contributed by atoms with E-state index in [0.29, 0.717) is 0 Å². The summed E-state index contributed by atoms with van der Waals surface area (Å²) in [5, 5.41) is 8.53. The number of carboxylic acids is 1. The van der Waals surface area contributed by atoms with E-state index in [2.05, 4.69) is 0 Å². The second-order valence-electron chi connectivity index (χ2n) is 2.35. The third kappa shape index (κ3) is 1.53. The number of carboxylic acid groups (broad SMARTS) is 1. The van der Waals surface area contributed by atoms with Crippen LogP contribution in [0.5, 0.6) is 0 Å². The van der Waals surface area contributed by atoms with Gasteiger partial charge in [-0.1, -0.05) is 0 Å². The van der Waals surface area contributed by atoms with Crippen molar-refractivity contribution in [1.82, 2.24) is 0 Å². The van der Waals surface area contributed by atoms with Crippen LogP contribution in [-0.4, -0.2) is 11.1 Å². The maximum atomic E-state index is 12.2. The van der Waals surface area contributed by atoms with Crippen LogP contribution in [0.3, 0.4) is 0 Å². The number of carbonyl (C=O) groups is 1. The largest absolute Gasteiger partial charge is 0.478 e. The molecule has 0 aliphatic rings. The Labute approximate surface area is 68.6 Å². The molecule has 0 amide bonds. The van der Waals surface area contributed by atoms with Crippen LogP contribution in [0, 0.1) is 0 Å². The average Bonchev–Trinajstić information content (AvgIpc) is 2.05. The van der Waals surface area contributed by atoms with Crippen LogP contribution in [0.4, 0.5) is 10.1 Å². The van der Waals surface area contributed by atoms with Crippen molar-refractivity contribution < 1.29 is 14.3 Å². The molecule has 3 N–H and O–H groups in total. The van der Waals surface area contributed by atoms with Gasteiger partial charge in [0.25, 0.3) is 0 Å². The molecule has 12 heavy (non-hydrogen) atoms. The van der Waals surface area contributed by atoms with Crippen molar-refractivity contribution in [2.45, 2.75) is 6.67 Å². The van der Waals surface area contributed by atoms with Crippen LogP contribution >= 0.6 is 0 Å². The van der Waals surface area contributed by atoms with Crippen LogP contribution in [0.2, 0.25) is 0 Å². The number of alkyl halides is 1. The second kappa shape index (κ2) is 3.21. The highest BCUT2D eigenvalue weighted by molar-refractivity contribution is 5.88. The van der Waals surface area contributed by atoms with Gasteiger partial charge in [-0.2, -0.15) is 0 Å². The minimum absolute atomic E-state index is 0.0526. The zero-order chi connectivity index (χ0) is 9.14. The summed E-state index contributed by atoms with van der Waals surface area (Å²) in [5.41, 5.74) is 5.92. The highest BCUT2D eigenvalue weighted by Gasteiger charge is 2.05. The van der Waals surface area contributed by atoms with Gasteiger partial charge < -0.3 is 10.8 Å². The lowest BCUT2D eigenvalue weighted by molar-refractivity contribution is 0.0697. The van der Waals surface area contributed by atoms with Crippen molar-refractivity contribution in [3.63, 3.8) is 0 Å². The normalized spacial score (nSPS) is 9.75. The average molecular weight is 169 g/mol. The van der Waals surface area contributed by atoms with Crippen molar-refractivity contribution in [2.24, 2.45) is 0 Å². The third-order valence-electron chi connectivity index (χ3n) is 1.53. The topological polar surface area (TPSA) is 63.3 Å². The number of hydrogen-bond donors (Lipinski definition) is 2. The molecule has 0 heterocycles. The second-order valence-corrected chi connectivity index (χ2v) is 2.35. The van der Waals surface area contributed by atoms with Gasteiger partial charge in [-0.3, -0.25) is 0 Å². The molecule has 0 aromatic heterocycles. The third-order valence-corrected chi connectivity index (χ3v) is 1.53. The predicted molar refractivity (Wildman–Crippen MR) is 42.6 cm³/mol. The SMILES string of the molecule is Nc1ccc(C(=O)O)cc1CF. The molecular formula is C8H8FNO2. The summed E-state index contributed by atoms with van der Waals surface area (Å²) in [4.78, 5) is 10.4. The fourth-order valence-corrected chi connectivity index (χ4v) is 0.855. The number of nitrogen functional groups attached to an aromatic ring is 1. The molecule has 0 aliphatic carbocycles. The Morgan fingerprint density at radius 2 is 2.25 bits per heavy atom. The van der Waals surface area contributed by atoms with Gasteiger partial charge in [-0.25, -0.2) is 9.18 Å². The maximum absolute atomic E-state index is 12.2. The van der Waals surface area contributed by atoms with E-state index in [9.17, 15) is 9.18 Å². The molecule has 3 nitrogen and oxygen atoms in total. The summed E-state index contributed by atoms with van der Waals surface area (Å²) in [6.07, 6.45) is 0. The summed E-state index contributed by atoms with van der Waals surface area (Å²) in [6.45, 7) is -0.743. The molecule has 0 radical (unpaired) electrons. The van der Waals surface area contributed by atoms with Gasteiger partial charge in [0.2, 0.25) is 0 Å². The molecule has 4 heteroatoms. The van der Waals surface area contributed by atoms with Crippen LogP contribution in [0.15, 0.2) is 18.2 Å². The van der Waals surface area contributed by atoms with E-state index >= 15 is 0 Å². The molecule has 1 aromatic carbocycles. The first-order valence-corrected chi connectivity index (χ1v) is 3.33. The Morgan fingerprint density at radius 3 is 2.75 bits per heavy atom. The van der Waals surface area contributed by atoms with Crippen molar-refractivity contribution in [1.29, 1.82) is 0 Å². The number of rotatable bonds is 2. The summed E-state index contributed by atoms with van der Waals surface area (Å²) in [7, 11) is 0. The summed E-state index contributed by atoms with van der Waals surface area (Å²) in [6, 6.07) is 3.97. The van der Waals surface area contributed by atoms with E-state index in [0.717, 1.165) is 0 Å². The van der Waals surface area contributed by atoms with Gasteiger partial charge in [0.05, 0.1) is 5.56 Å². The molecule has 64 valence electrons. The Kier molecular flexibility index (Phi) is 2.28. The van der Waals surface area contributed by atoms with E-state index in [-0.39, 0.29) is 16.8 Å². The highest BCUT2D eigenvalue weighted by Crippen LogP contribution is 2.15. The van der Waals surface area contributed by atoms with Crippen molar-refractivity contribution in [3.8, 4) is 0 Å². The van der Waals surface area contributed by atoms with Gasteiger partial charge in [0.1, 0.15) is 6.67 Å². The summed E-state index contributed by atoms with van der Waals surface area (Å²) < 4.78 is 12.2. The van der Waals surface area contributed by atoms with E-state index in [1.807, 2.05) is 0 Å². The maximum Gasteiger partial charge on any atom is 0.335 e. The minimum atomic E-state index is -1.08. The first-order valence-electron chi connectivity index (χ1n) is 3.33. The van der Waals surface area contributed by atoms with E-state index < -0.39 is 12.6 Å². The summed E-state index contributed by atoms with van der Waals surface area (Å²) >= 11 is 0. The lowest BCUT2D eigenvalue weighted by Crippen LogP contribution is -1.99. The number of hydrogen-bond acceptors (Lipinski definition) is 2. The molecular weight excluding hydrogens is 161 g/mol. The number of nitrogens with two attached hydrogens (primary N) is 1. The predicted octanol–water partition coefficient (Wildman–Crippen LogP) is 1.44. The Hall–Kier alpha value is -1.58. The Morgan fingerprint density at radius 1 is 1.58 bits per heavy atom. The van der Waals surface area contributed by atoms with E-state index in [4.69, 9.17) is 10.8 Å².